The number of nitrogens with one attached hydrogen (secondary N) is 1. The lowest BCUT2D eigenvalue weighted by atomic mass is 9.88. The van der Waals surface area contributed by atoms with Gasteiger partial charge in [0.15, 0.2) is 0 Å². The van der Waals surface area contributed by atoms with Crippen LogP contribution in [0.1, 0.15) is 58.4 Å². The molecule has 3 aromatic carbocycles. The minimum absolute atomic E-state index is 0.00743. The number of carbonyl (C=O) groups is 2. The first-order chi connectivity index (χ1) is 16.5. The molecule has 4 rings (SSSR count). The second kappa shape index (κ2) is 10.5. The molecule has 1 heterocycles. The highest BCUT2D eigenvalue weighted by Gasteiger charge is 2.23. The predicted molar refractivity (Wildman–Crippen MR) is 134 cm³/mol. The van der Waals surface area contributed by atoms with Crippen LogP contribution in [0.3, 0.4) is 0 Å². The standard InChI is InChI=1S/C28H30N2O4/c1-2-14-30-15-12-20(13-16-30)21-9-11-26(31)24(17-21)27(32)29-25-18-22(8-10-23(25)28(33)34)19-6-4-3-5-7-19/h3-11,17-18,20,31H,2,12-16H2,1H3,(H,29,32)(H,33,34). The van der Waals surface area contributed by atoms with E-state index in [0.717, 1.165) is 55.6 Å². The van der Waals surface area contributed by atoms with Crippen molar-refractivity contribution in [2.24, 2.45) is 0 Å². The highest BCUT2D eigenvalue weighted by molar-refractivity contribution is 6.09. The van der Waals surface area contributed by atoms with Crippen LogP contribution in [0.5, 0.6) is 5.75 Å². The molecule has 0 aliphatic carbocycles. The number of piperidine rings is 1. The normalized spacial score (nSPS) is 14.6. The number of aromatic carboxylic acids is 1. The third-order valence-electron chi connectivity index (χ3n) is 6.47. The van der Waals surface area contributed by atoms with Crippen LogP contribution in [0.4, 0.5) is 5.69 Å². The molecule has 1 saturated heterocycles. The van der Waals surface area contributed by atoms with Crippen molar-refractivity contribution in [1.29, 1.82) is 0 Å². The van der Waals surface area contributed by atoms with E-state index in [1.807, 2.05) is 36.4 Å². The molecule has 0 saturated carbocycles. The number of benzene rings is 3. The lowest BCUT2D eigenvalue weighted by Crippen LogP contribution is -2.33. The number of amides is 1. The van der Waals surface area contributed by atoms with Gasteiger partial charge in [0, 0.05) is 0 Å². The van der Waals surface area contributed by atoms with Gasteiger partial charge >= 0.3 is 5.97 Å². The van der Waals surface area contributed by atoms with Gasteiger partial charge in [-0.2, -0.15) is 0 Å². The monoisotopic (exact) mass is 458 g/mol. The summed E-state index contributed by atoms with van der Waals surface area (Å²) in [7, 11) is 0. The fourth-order valence-corrected chi connectivity index (χ4v) is 4.63. The van der Waals surface area contributed by atoms with Gasteiger partial charge < -0.3 is 20.4 Å². The van der Waals surface area contributed by atoms with Crippen molar-refractivity contribution in [2.75, 3.05) is 25.0 Å². The van der Waals surface area contributed by atoms with Gasteiger partial charge in [-0.3, -0.25) is 4.79 Å². The van der Waals surface area contributed by atoms with E-state index in [0.29, 0.717) is 5.92 Å². The molecule has 3 N–H and O–H groups in total. The van der Waals surface area contributed by atoms with E-state index in [1.54, 1.807) is 24.3 Å². The van der Waals surface area contributed by atoms with Crippen LogP contribution in [-0.2, 0) is 0 Å². The minimum Gasteiger partial charge on any atom is -0.507 e. The Kier molecular flexibility index (Phi) is 7.28. The van der Waals surface area contributed by atoms with Gasteiger partial charge in [-0.1, -0.05) is 49.4 Å². The van der Waals surface area contributed by atoms with E-state index in [-0.39, 0.29) is 22.6 Å². The maximum absolute atomic E-state index is 13.2. The SMILES string of the molecule is CCCN1CCC(c2ccc(O)c(C(=O)Nc3cc(-c4ccccc4)ccc3C(=O)O)c2)CC1. The number of hydrogen-bond donors (Lipinski definition) is 3. The second-order valence-electron chi connectivity index (χ2n) is 8.78. The number of hydrogen-bond acceptors (Lipinski definition) is 4. The van der Waals surface area contributed by atoms with Gasteiger partial charge in [-0.25, -0.2) is 4.79 Å². The highest BCUT2D eigenvalue weighted by Crippen LogP contribution is 2.32. The molecular formula is C28H30N2O4. The number of phenols is 1. The Bertz CT molecular complexity index is 1170. The van der Waals surface area contributed by atoms with Gasteiger partial charge in [-0.05, 0) is 85.8 Å². The molecule has 0 aromatic heterocycles. The Labute approximate surface area is 199 Å². The molecule has 0 atom stereocenters. The zero-order valence-electron chi connectivity index (χ0n) is 19.3. The Hall–Kier alpha value is -3.64. The zero-order valence-corrected chi connectivity index (χ0v) is 19.3. The zero-order chi connectivity index (χ0) is 24.1. The average molecular weight is 459 g/mol. The van der Waals surface area contributed by atoms with Crippen LogP contribution >= 0.6 is 0 Å². The molecule has 0 bridgehead atoms. The van der Waals surface area contributed by atoms with Crippen LogP contribution in [0.2, 0.25) is 0 Å². The van der Waals surface area contributed by atoms with E-state index in [4.69, 9.17) is 0 Å². The number of likely N-dealkylation sites (tertiary alicyclic amines) is 1. The number of nitrogens with zero attached hydrogens (tertiary/aromatic N) is 1. The molecule has 1 aliphatic rings. The van der Waals surface area contributed by atoms with Gasteiger partial charge in [0.1, 0.15) is 5.75 Å². The molecule has 3 aromatic rings. The number of phenolic OH excluding ortho intramolecular Hbond substituents is 1. The van der Waals surface area contributed by atoms with Crippen LogP contribution in [0, 0.1) is 0 Å². The molecular weight excluding hydrogens is 428 g/mol. The van der Waals surface area contributed by atoms with Crippen molar-refractivity contribution in [3.05, 3.63) is 83.4 Å². The summed E-state index contributed by atoms with van der Waals surface area (Å²) in [6.07, 6.45) is 3.15. The lowest BCUT2D eigenvalue weighted by molar-refractivity contribution is 0.0698. The molecule has 0 unspecified atom stereocenters. The van der Waals surface area contributed by atoms with Crippen molar-refractivity contribution in [3.63, 3.8) is 0 Å². The number of anilines is 1. The van der Waals surface area contributed by atoms with Crippen molar-refractivity contribution >= 4 is 17.6 Å². The highest BCUT2D eigenvalue weighted by atomic mass is 16.4. The summed E-state index contributed by atoms with van der Waals surface area (Å²) in [5.41, 5.74) is 3.06. The van der Waals surface area contributed by atoms with Crippen LogP contribution in [-0.4, -0.2) is 46.6 Å². The number of carbonyl (C=O) groups excluding carboxylic acids is 1. The van der Waals surface area contributed by atoms with Gasteiger partial charge in [0.2, 0.25) is 0 Å². The second-order valence-corrected chi connectivity index (χ2v) is 8.78. The Morgan fingerprint density at radius 1 is 0.941 bits per heavy atom. The fraction of sp³-hybridized carbons (Fsp3) is 0.286. The average Bonchev–Trinajstić information content (AvgIpc) is 2.85. The van der Waals surface area contributed by atoms with E-state index in [1.165, 1.54) is 6.07 Å². The van der Waals surface area contributed by atoms with Gasteiger partial charge in [0.25, 0.3) is 5.91 Å². The van der Waals surface area contributed by atoms with E-state index in [9.17, 15) is 19.8 Å². The Morgan fingerprint density at radius 2 is 1.68 bits per heavy atom. The van der Waals surface area contributed by atoms with E-state index < -0.39 is 11.9 Å². The molecule has 34 heavy (non-hydrogen) atoms. The third kappa shape index (κ3) is 5.29. The molecule has 1 fully saturated rings. The van der Waals surface area contributed by atoms with Crippen LogP contribution in [0.25, 0.3) is 11.1 Å². The van der Waals surface area contributed by atoms with E-state index >= 15 is 0 Å². The Balaban J connectivity index is 1.58. The number of carboxylic acid groups (broad SMARTS) is 1. The molecule has 0 radical (unpaired) electrons. The topological polar surface area (TPSA) is 89.9 Å². The maximum atomic E-state index is 13.2. The van der Waals surface area contributed by atoms with Crippen molar-refractivity contribution < 1.29 is 19.8 Å². The first kappa shape index (κ1) is 23.5. The predicted octanol–water partition coefficient (Wildman–Crippen LogP) is 5.60. The summed E-state index contributed by atoms with van der Waals surface area (Å²) < 4.78 is 0. The van der Waals surface area contributed by atoms with Crippen molar-refractivity contribution in [3.8, 4) is 16.9 Å². The van der Waals surface area contributed by atoms with Crippen LogP contribution < -0.4 is 5.32 Å². The summed E-state index contributed by atoms with van der Waals surface area (Å²) in [5, 5.41) is 22.8. The first-order valence-corrected chi connectivity index (χ1v) is 11.8. The molecule has 1 amide bonds. The number of carboxylic acids is 1. The fourth-order valence-electron chi connectivity index (χ4n) is 4.63. The first-order valence-electron chi connectivity index (χ1n) is 11.8. The van der Waals surface area contributed by atoms with Crippen molar-refractivity contribution in [1.82, 2.24) is 4.90 Å². The Morgan fingerprint density at radius 3 is 2.35 bits per heavy atom. The third-order valence-corrected chi connectivity index (χ3v) is 6.47. The summed E-state index contributed by atoms with van der Waals surface area (Å²) in [6.45, 7) is 5.33. The quantitative estimate of drug-likeness (QED) is 0.429. The van der Waals surface area contributed by atoms with Gasteiger partial charge in [-0.15, -0.1) is 0 Å². The smallest absolute Gasteiger partial charge is 0.337 e. The minimum atomic E-state index is -1.13. The summed E-state index contributed by atoms with van der Waals surface area (Å²) >= 11 is 0. The maximum Gasteiger partial charge on any atom is 0.337 e. The number of aromatic hydroxyl groups is 1. The molecule has 6 nitrogen and oxygen atoms in total. The molecule has 6 heteroatoms. The largest absolute Gasteiger partial charge is 0.507 e. The molecule has 176 valence electrons. The summed E-state index contributed by atoms with van der Waals surface area (Å²) in [4.78, 5) is 27.4. The van der Waals surface area contributed by atoms with E-state index in [2.05, 4.69) is 17.1 Å². The summed E-state index contributed by atoms with van der Waals surface area (Å²) in [5.74, 6) is -1.46. The lowest BCUT2D eigenvalue weighted by Gasteiger charge is -2.32. The van der Waals surface area contributed by atoms with Crippen molar-refractivity contribution in [2.45, 2.75) is 32.1 Å². The molecule has 0 spiro atoms. The number of rotatable bonds is 7. The molecule has 1 aliphatic heterocycles. The van der Waals surface area contributed by atoms with Crippen LogP contribution in [0.15, 0.2) is 66.7 Å². The van der Waals surface area contributed by atoms with Gasteiger partial charge in [0.05, 0.1) is 16.8 Å². The summed E-state index contributed by atoms with van der Waals surface area (Å²) in [6, 6.07) is 19.6.